The van der Waals surface area contributed by atoms with Crippen LogP contribution in [0.1, 0.15) is 41.3 Å². The Morgan fingerprint density at radius 3 is 2.38 bits per heavy atom. The molecule has 7 nitrogen and oxygen atoms in total. The maximum atomic E-state index is 13.4. The minimum absolute atomic E-state index is 0.0682. The molecule has 0 spiro atoms. The lowest BCUT2D eigenvalue weighted by molar-refractivity contribution is -0.116. The molecule has 0 radical (unpaired) electrons. The Hall–Kier alpha value is -3.91. The van der Waals surface area contributed by atoms with Crippen LogP contribution in [0.2, 0.25) is 0 Å². The molecule has 0 bridgehead atoms. The van der Waals surface area contributed by atoms with Gasteiger partial charge in [0.25, 0.3) is 0 Å². The number of benzene rings is 3. The third-order valence-corrected chi connectivity index (χ3v) is 7.83. The first kappa shape index (κ1) is 26.2. The molecule has 192 valence electrons. The van der Waals surface area contributed by atoms with Crippen molar-refractivity contribution in [2.45, 2.75) is 43.9 Å². The molecule has 0 aliphatic heterocycles. The number of para-hydroxylation sites is 1. The van der Waals surface area contributed by atoms with Crippen molar-refractivity contribution < 1.29 is 22.7 Å². The molecule has 0 fully saturated rings. The normalized spacial score (nSPS) is 11.4. The molecule has 1 N–H and O–H groups in total. The van der Waals surface area contributed by atoms with E-state index in [4.69, 9.17) is 4.74 Å². The van der Waals surface area contributed by atoms with Crippen LogP contribution in [0.4, 0.5) is 5.69 Å². The van der Waals surface area contributed by atoms with Crippen LogP contribution >= 0.6 is 0 Å². The molecular weight excluding hydrogens is 488 g/mol. The number of hydrogen-bond donors (Lipinski definition) is 1. The van der Waals surface area contributed by atoms with E-state index in [0.29, 0.717) is 28.8 Å². The van der Waals surface area contributed by atoms with Gasteiger partial charge in [-0.25, -0.2) is 13.2 Å². The van der Waals surface area contributed by atoms with Gasteiger partial charge >= 0.3 is 5.97 Å². The fourth-order valence-corrected chi connectivity index (χ4v) is 5.77. The largest absolute Gasteiger partial charge is 0.462 e. The first-order chi connectivity index (χ1) is 17.8. The summed E-state index contributed by atoms with van der Waals surface area (Å²) < 4.78 is 33.6. The molecule has 4 aromatic rings. The van der Waals surface area contributed by atoms with Crippen molar-refractivity contribution in [3.63, 3.8) is 0 Å². The van der Waals surface area contributed by atoms with Crippen LogP contribution < -0.4 is 5.32 Å². The van der Waals surface area contributed by atoms with Gasteiger partial charge < -0.3 is 14.6 Å². The summed E-state index contributed by atoms with van der Waals surface area (Å²) in [5, 5.41) is 3.39. The first-order valence-corrected chi connectivity index (χ1v) is 13.9. The fourth-order valence-electron chi connectivity index (χ4n) is 4.08. The van der Waals surface area contributed by atoms with Crippen molar-refractivity contribution in [1.29, 1.82) is 0 Å². The Balaban J connectivity index is 1.50. The third-order valence-electron chi connectivity index (χ3n) is 6.14. The van der Waals surface area contributed by atoms with E-state index < -0.39 is 15.8 Å². The number of hydrogen-bond acceptors (Lipinski definition) is 5. The molecule has 4 rings (SSSR count). The van der Waals surface area contributed by atoms with Gasteiger partial charge in [-0.1, -0.05) is 55.8 Å². The molecule has 1 aromatic heterocycles. The van der Waals surface area contributed by atoms with Crippen molar-refractivity contribution in [3.8, 4) is 0 Å². The molecule has 0 saturated carbocycles. The zero-order valence-corrected chi connectivity index (χ0v) is 21.8. The number of rotatable bonds is 10. The van der Waals surface area contributed by atoms with Crippen LogP contribution in [0.5, 0.6) is 0 Å². The standard InChI is InChI=1S/C29H30N2O5S/c1-3-4-17-36-29(33)22-13-15-24(16-14-22)30-28(32)19-31-18-27(25-11-7-8-12-26(25)31)37(34,35)20-23-10-6-5-9-21(23)2/h5-16,18H,3-4,17,19-20H2,1-2H3,(H,30,32). The Kier molecular flexibility index (Phi) is 8.08. The van der Waals surface area contributed by atoms with Gasteiger partial charge in [-0.05, 0) is 54.8 Å². The minimum atomic E-state index is -3.65. The maximum Gasteiger partial charge on any atom is 0.338 e. The summed E-state index contributed by atoms with van der Waals surface area (Å²) in [6.45, 7) is 4.22. The number of carbonyl (C=O) groups excluding carboxylic acids is 2. The van der Waals surface area contributed by atoms with Gasteiger partial charge in [-0.3, -0.25) is 4.79 Å². The molecule has 0 unspecified atom stereocenters. The fraction of sp³-hybridized carbons (Fsp3) is 0.241. The summed E-state index contributed by atoms with van der Waals surface area (Å²) >= 11 is 0. The van der Waals surface area contributed by atoms with Crippen molar-refractivity contribution in [1.82, 2.24) is 4.57 Å². The number of fused-ring (bicyclic) bond motifs is 1. The van der Waals surface area contributed by atoms with Gasteiger partial charge in [0, 0.05) is 22.8 Å². The van der Waals surface area contributed by atoms with Gasteiger partial charge in [-0.15, -0.1) is 0 Å². The average Bonchev–Trinajstić information content (AvgIpc) is 3.25. The van der Waals surface area contributed by atoms with Gasteiger partial charge in [0.2, 0.25) is 5.91 Å². The van der Waals surface area contributed by atoms with E-state index in [9.17, 15) is 18.0 Å². The molecule has 0 saturated heterocycles. The van der Waals surface area contributed by atoms with Gasteiger partial charge in [0.05, 0.1) is 22.8 Å². The number of nitrogens with zero attached hydrogens (tertiary/aromatic N) is 1. The molecule has 1 heterocycles. The van der Waals surface area contributed by atoms with Crippen molar-refractivity contribution >= 4 is 38.3 Å². The molecular formula is C29H30N2O5S. The molecule has 0 aliphatic rings. The number of nitrogens with one attached hydrogen (secondary N) is 1. The van der Waals surface area contributed by atoms with Gasteiger partial charge in [0.1, 0.15) is 6.54 Å². The summed E-state index contributed by atoms with van der Waals surface area (Å²) in [5.41, 5.74) is 3.25. The lowest BCUT2D eigenvalue weighted by Gasteiger charge is -2.08. The number of amides is 1. The second-order valence-electron chi connectivity index (χ2n) is 8.94. The quantitative estimate of drug-likeness (QED) is 0.220. The number of sulfone groups is 1. The molecule has 3 aromatic carbocycles. The highest BCUT2D eigenvalue weighted by Gasteiger charge is 2.23. The van der Waals surface area contributed by atoms with Gasteiger partial charge in [-0.2, -0.15) is 0 Å². The monoisotopic (exact) mass is 518 g/mol. The summed E-state index contributed by atoms with van der Waals surface area (Å²) in [7, 11) is -3.65. The predicted molar refractivity (Wildman–Crippen MR) is 144 cm³/mol. The Labute approximate surface area is 217 Å². The predicted octanol–water partition coefficient (Wildman–Crippen LogP) is 5.52. The molecule has 37 heavy (non-hydrogen) atoms. The zero-order valence-electron chi connectivity index (χ0n) is 20.9. The van der Waals surface area contributed by atoms with E-state index in [2.05, 4.69) is 5.32 Å². The molecule has 1 amide bonds. The Morgan fingerprint density at radius 1 is 0.946 bits per heavy atom. The highest BCUT2D eigenvalue weighted by molar-refractivity contribution is 7.90. The summed E-state index contributed by atoms with van der Waals surface area (Å²) in [6.07, 6.45) is 3.28. The van der Waals surface area contributed by atoms with E-state index in [-0.39, 0.29) is 23.1 Å². The number of unbranched alkanes of at least 4 members (excludes halogenated alkanes) is 1. The van der Waals surface area contributed by atoms with E-state index >= 15 is 0 Å². The number of anilines is 1. The third kappa shape index (κ3) is 6.27. The van der Waals surface area contributed by atoms with Crippen LogP contribution in [0.25, 0.3) is 10.9 Å². The smallest absolute Gasteiger partial charge is 0.338 e. The van der Waals surface area contributed by atoms with Crippen molar-refractivity contribution in [2.24, 2.45) is 0 Å². The van der Waals surface area contributed by atoms with Crippen LogP contribution in [0, 0.1) is 6.92 Å². The topological polar surface area (TPSA) is 94.5 Å². The second-order valence-corrected chi connectivity index (χ2v) is 10.9. The van der Waals surface area contributed by atoms with Crippen molar-refractivity contribution in [3.05, 3.63) is 95.7 Å². The number of aromatic nitrogens is 1. The van der Waals surface area contributed by atoms with E-state index in [1.165, 1.54) is 6.20 Å². The number of ether oxygens (including phenoxy) is 1. The highest BCUT2D eigenvalue weighted by Crippen LogP contribution is 2.28. The summed E-state index contributed by atoms with van der Waals surface area (Å²) in [5.74, 6) is -0.834. The zero-order chi connectivity index (χ0) is 26.4. The lowest BCUT2D eigenvalue weighted by Crippen LogP contribution is -2.18. The second kappa shape index (κ2) is 11.4. The summed E-state index contributed by atoms with van der Waals surface area (Å²) in [4.78, 5) is 25.1. The lowest BCUT2D eigenvalue weighted by atomic mass is 10.1. The van der Waals surface area contributed by atoms with Crippen LogP contribution in [-0.2, 0) is 31.7 Å². The maximum absolute atomic E-state index is 13.4. The molecule has 0 atom stereocenters. The van der Waals surface area contributed by atoms with Crippen LogP contribution in [0.15, 0.2) is 83.9 Å². The number of esters is 1. The summed E-state index contributed by atoms with van der Waals surface area (Å²) in [6, 6.07) is 21.0. The van der Waals surface area contributed by atoms with E-state index in [0.717, 1.165) is 24.0 Å². The minimum Gasteiger partial charge on any atom is -0.462 e. The van der Waals surface area contributed by atoms with E-state index in [1.54, 1.807) is 47.0 Å². The first-order valence-electron chi connectivity index (χ1n) is 12.2. The number of aryl methyl sites for hydroxylation is 1. The molecule has 8 heteroatoms. The number of carbonyl (C=O) groups is 2. The van der Waals surface area contributed by atoms with Crippen LogP contribution in [-0.4, -0.2) is 31.5 Å². The van der Waals surface area contributed by atoms with Crippen molar-refractivity contribution in [2.75, 3.05) is 11.9 Å². The molecule has 0 aliphatic carbocycles. The van der Waals surface area contributed by atoms with E-state index in [1.807, 2.05) is 44.2 Å². The Bertz CT molecular complexity index is 1520. The van der Waals surface area contributed by atoms with Crippen LogP contribution in [0.3, 0.4) is 0 Å². The SMILES string of the molecule is CCCCOC(=O)c1ccc(NC(=O)Cn2cc(S(=O)(=O)Cc3ccccc3C)c3ccccc32)cc1. The Morgan fingerprint density at radius 2 is 1.65 bits per heavy atom. The van der Waals surface area contributed by atoms with Gasteiger partial charge in [0.15, 0.2) is 9.84 Å². The highest BCUT2D eigenvalue weighted by atomic mass is 32.2. The average molecular weight is 519 g/mol.